The lowest BCUT2D eigenvalue weighted by molar-refractivity contribution is -0.0462. The number of hydrogen-bond acceptors (Lipinski definition) is 2. The first-order valence-corrected chi connectivity index (χ1v) is 8.75. The van der Waals surface area contributed by atoms with Crippen molar-refractivity contribution in [1.29, 1.82) is 0 Å². The third-order valence-corrected chi connectivity index (χ3v) is 6.59. The molecule has 3 rings (SSSR count). The first-order valence-electron chi connectivity index (χ1n) is 8.75. The van der Waals surface area contributed by atoms with E-state index in [1.165, 1.54) is 11.1 Å². The smallest absolute Gasteiger partial charge is 0.0796 e. The average molecular weight is 302 g/mol. The quantitative estimate of drug-likeness (QED) is 0.855. The van der Waals surface area contributed by atoms with E-state index < -0.39 is 6.10 Å². The lowest BCUT2D eigenvalue weighted by atomic mass is 9.49. The van der Waals surface area contributed by atoms with Gasteiger partial charge >= 0.3 is 0 Å². The van der Waals surface area contributed by atoms with E-state index in [2.05, 4.69) is 45.9 Å². The summed E-state index contributed by atoms with van der Waals surface area (Å²) in [6.45, 7) is 9.18. The highest BCUT2D eigenvalue weighted by atomic mass is 16.3. The first kappa shape index (κ1) is 16.0. The highest BCUT2D eigenvalue weighted by molar-refractivity contribution is 5.43. The van der Waals surface area contributed by atoms with Crippen molar-refractivity contribution in [3.8, 4) is 0 Å². The molecule has 2 N–H and O–H groups in total. The summed E-state index contributed by atoms with van der Waals surface area (Å²) in [7, 11) is 0. The van der Waals surface area contributed by atoms with E-state index in [1.807, 2.05) is 0 Å². The van der Waals surface area contributed by atoms with Crippen molar-refractivity contribution in [2.45, 2.75) is 70.8 Å². The molecule has 0 saturated heterocycles. The van der Waals surface area contributed by atoms with Crippen LogP contribution >= 0.6 is 0 Å². The molecule has 2 aliphatic rings. The normalized spacial score (nSPS) is 37.8. The fraction of sp³-hybridized carbons (Fsp3) is 0.700. The molecule has 2 aliphatic carbocycles. The standard InChI is InChI=1S/C20H30O2/c1-13(2)14-6-7-16-15(10-14)17(22)11-18-19(3,12-21)8-5-9-20(16,18)4/h6-7,10,13,17-18,21-22H,5,8-9,11-12H2,1-4H3/t17?,18?,19-,20-/m1/s1. The van der Waals surface area contributed by atoms with Crippen LogP contribution < -0.4 is 0 Å². The van der Waals surface area contributed by atoms with Crippen LogP contribution in [0.3, 0.4) is 0 Å². The summed E-state index contributed by atoms with van der Waals surface area (Å²) < 4.78 is 0. The van der Waals surface area contributed by atoms with Crippen molar-refractivity contribution in [3.63, 3.8) is 0 Å². The van der Waals surface area contributed by atoms with Gasteiger partial charge in [-0.1, -0.05) is 52.3 Å². The molecule has 0 heterocycles. The summed E-state index contributed by atoms with van der Waals surface area (Å²) in [5.41, 5.74) is 3.77. The average Bonchev–Trinajstić information content (AvgIpc) is 2.49. The minimum atomic E-state index is -0.393. The summed E-state index contributed by atoms with van der Waals surface area (Å²) in [6, 6.07) is 6.70. The number of rotatable bonds is 2. The Kier molecular flexibility index (Phi) is 3.89. The van der Waals surface area contributed by atoms with E-state index in [0.29, 0.717) is 11.8 Å². The van der Waals surface area contributed by atoms with Gasteiger partial charge in [0.05, 0.1) is 6.10 Å². The number of fused-ring (bicyclic) bond motifs is 3. The van der Waals surface area contributed by atoms with Crippen LogP contribution in [0.25, 0.3) is 0 Å². The van der Waals surface area contributed by atoms with Crippen LogP contribution in [0.1, 0.15) is 82.1 Å². The van der Waals surface area contributed by atoms with E-state index in [-0.39, 0.29) is 17.4 Å². The Hall–Kier alpha value is -0.860. The minimum Gasteiger partial charge on any atom is -0.396 e. The molecule has 0 amide bonds. The summed E-state index contributed by atoms with van der Waals surface area (Å²) in [5.74, 6) is 0.836. The second kappa shape index (κ2) is 5.35. The van der Waals surface area contributed by atoms with Crippen molar-refractivity contribution in [2.75, 3.05) is 6.61 Å². The highest BCUT2D eigenvalue weighted by Crippen LogP contribution is 2.59. The largest absolute Gasteiger partial charge is 0.396 e. The molecular weight excluding hydrogens is 272 g/mol. The fourth-order valence-electron chi connectivity index (χ4n) is 5.12. The molecule has 1 aromatic carbocycles. The SMILES string of the molecule is CC(C)c1ccc2c(c1)C(O)CC1[C@@](C)(CO)CCC[C@]21C. The van der Waals surface area contributed by atoms with Crippen molar-refractivity contribution < 1.29 is 10.2 Å². The molecule has 0 aromatic heterocycles. The van der Waals surface area contributed by atoms with Gasteiger partial charge in [0.2, 0.25) is 0 Å². The Balaban J connectivity index is 2.11. The molecule has 22 heavy (non-hydrogen) atoms. The van der Waals surface area contributed by atoms with Gasteiger partial charge in [-0.25, -0.2) is 0 Å². The molecule has 2 unspecified atom stereocenters. The molecule has 1 saturated carbocycles. The van der Waals surface area contributed by atoms with Crippen LogP contribution in [-0.2, 0) is 5.41 Å². The van der Waals surface area contributed by atoms with E-state index >= 15 is 0 Å². The second-order valence-corrected chi connectivity index (χ2v) is 8.39. The maximum absolute atomic E-state index is 10.8. The fourth-order valence-corrected chi connectivity index (χ4v) is 5.12. The van der Waals surface area contributed by atoms with Gasteiger partial charge in [0.15, 0.2) is 0 Å². The number of benzene rings is 1. The van der Waals surface area contributed by atoms with Crippen molar-refractivity contribution in [3.05, 3.63) is 34.9 Å². The molecule has 0 aliphatic heterocycles. The van der Waals surface area contributed by atoms with Gasteiger partial charge in [-0.05, 0) is 58.6 Å². The van der Waals surface area contributed by atoms with Crippen LogP contribution in [-0.4, -0.2) is 16.8 Å². The summed E-state index contributed by atoms with van der Waals surface area (Å²) in [6.07, 6.45) is 3.77. The molecule has 2 heteroatoms. The Labute approximate surface area is 134 Å². The number of aliphatic hydroxyl groups is 2. The van der Waals surface area contributed by atoms with E-state index in [0.717, 1.165) is 31.2 Å². The lowest BCUT2D eigenvalue weighted by Crippen LogP contribution is -2.51. The summed E-state index contributed by atoms with van der Waals surface area (Å²) in [5, 5.41) is 20.7. The predicted octanol–water partition coefficient (Wildman–Crippen LogP) is 4.30. The Morgan fingerprint density at radius 1 is 1.23 bits per heavy atom. The van der Waals surface area contributed by atoms with E-state index in [9.17, 15) is 10.2 Å². The molecule has 1 fully saturated rings. The molecular formula is C20H30O2. The van der Waals surface area contributed by atoms with Crippen LogP contribution in [0.4, 0.5) is 0 Å². The van der Waals surface area contributed by atoms with E-state index in [4.69, 9.17) is 0 Å². The predicted molar refractivity (Wildman–Crippen MR) is 90.0 cm³/mol. The number of hydrogen-bond donors (Lipinski definition) is 2. The molecule has 1 aromatic rings. The highest BCUT2D eigenvalue weighted by Gasteiger charge is 2.53. The van der Waals surface area contributed by atoms with Crippen LogP contribution in [0.2, 0.25) is 0 Å². The molecule has 2 nitrogen and oxygen atoms in total. The third-order valence-electron chi connectivity index (χ3n) is 6.59. The first-order chi connectivity index (χ1) is 10.3. The number of aliphatic hydroxyl groups excluding tert-OH is 2. The van der Waals surface area contributed by atoms with Crippen molar-refractivity contribution >= 4 is 0 Å². The van der Waals surface area contributed by atoms with Gasteiger partial charge in [-0.15, -0.1) is 0 Å². The van der Waals surface area contributed by atoms with Gasteiger partial charge in [-0.2, -0.15) is 0 Å². The van der Waals surface area contributed by atoms with Gasteiger partial charge < -0.3 is 10.2 Å². The third kappa shape index (κ3) is 2.23. The zero-order valence-corrected chi connectivity index (χ0v) is 14.4. The molecule has 122 valence electrons. The maximum atomic E-state index is 10.8. The van der Waals surface area contributed by atoms with Gasteiger partial charge in [0.25, 0.3) is 0 Å². The Bertz CT molecular complexity index is 565. The zero-order chi connectivity index (χ0) is 16.1. The van der Waals surface area contributed by atoms with E-state index in [1.54, 1.807) is 0 Å². The summed E-state index contributed by atoms with van der Waals surface area (Å²) >= 11 is 0. The van der Waals surface area contributed by atoms with Crippen LogP contribution in [0.5, 0.6) is 0 Å². The molecule has 0 bridgehead atoms. The second-order valence-electron chi connectivity index (χ2n) is 8.39. The minimum absolute atomic E-state index is 0.0671. The Morgan fingerprint density at radius 3 is 2.59 bits per heavy atom. The summed E-state index contributed by atoms with van der Waals surface area (Å²) in [4.78, 5) is 0. The molecule has 0 spiro atoms. The monoisotopic (exact) mass is 302 g/mol. The van der Waals surface area contributed by atoms with Crippen LogP contribution in [0.15, 0.2) is 18.2 Å². The van der Waals surface area contributed by atoms with Crippen molar-refractivity contribution in [2.24, 2.45) is 11.3 Å². The maximum Gasteiger partial charge on any atom is 0.0796 e. The Morgan fingerprint density at radius 2 is 1.95 bits per heavy atom. The van der Waals surface area contributed by atoms with Crippen LogP contribution in [0, 0.1) is 11.3 Å². The van der Waals surface area contributed by atoms with Crippen molar-refractivity contribution in [1.82, 2.24) is 0 Å². The van der Waals surface area contributed by atoms with Gasteiger partial charge in [0.1, 0.15) is 0 Å². The van der Waals surface area contributed by atoms with Gasteiger partial charge in [0, 0.05) is 6.61 Å². The topological polar surface area (TPSA) is 40.5 Å². The van der Waals surface area contributed by atoms with Gasteiger partial charge in [-0.3, -0.25) is 0 Å². The molecule has 4 atom stereocenters. The zero-order valence-electron chi connectivity index (χ0n) is 14.4. The lowest BCUT2D eigenvalue weighted by Gasteiger charge is -2.56. The molecule has 0 radical (unpaired) electrons.